The number of nitrogens with two attached hydrogens (primary N) is 1. The third-order valence-electron chi connectivity index (χ3n) is 5.11. The smallest absolute Gasteiger partial charge is 0.239 e. The van der Waals surface area contributed by atoms with Gasteiger partial charge >= 0.3 is 0 Å². The first-order valence-corrected chi connectivity index (χ1v) is 9.23. The molecule has 1 aliphatic rings. The Labute approximate surface area is 151 Å². The molecule has 0 bridgehead atoms. The molecule has 0 radical (unpaired) electrons. The minimum atomic E-state index is -0.309. The number of carbonyl (C=O) groups is 2. The number of nitrogens with one attached hydrogen (secondary N) is 1. The molecule has 25 heavy (non-hydrogen) atoms. The van der Waals surface area contributed by atoms with Crippen LogP contribution in [0.5, 0.6) is 0 Å². The number of primary amides is 1. The molecular formula is C20H31N3O2. The maximum atomic E-state index is 12.7. The van der Waals surface area contributed by atoms with Crippen molar-refractivity contribution in [3.05, 3.63) is 35.4 Å². The standard InChI is InChI=1S/C20H31N3O2/c1-13(2)16-7-9-17(10-8-16)14(3)22-15(4)20(25)23-11-5-6-18(12-23)19(21)24/h7-10,13-15,18,22H,5-6,11-12H2,1-4H3,(H2,21,24)/t14-,15+,18-/m1/s1. The third-order valence-corrected chi connectivity index (χ3v) is 5.11. The first-order valence-electron chi connectivity index (χ1n) is 9.23. The lowest BCUT2D eigenvalue weighted by molar-refractivity contribution is -0.136. The predicted octanol–water partition coefficient (Wildman–Crippen LogP) is 2.57. The van der Waals surface area contributed by atoms with Gasteiger partial charge in [0.05, 0.1) is 12.0 Å². The maximum absolute atomic E-state index is 12.7. The van der Waals surface area contributed by atoms with E-state index in [0.29, 0.717) is 19.0 Å². The highest BCUT2D eigenvalue weighted by Gasteiger charge is 2.29. The van der Waals surface area contributed by atoms with Gasteiger partial charge in [-0.2, -0.15) is 0 Å². The minimum Gasteiger partial charge on any atom is -0.369 e. The zero-order chi connectivity index (χ0) is 18.6. The van der Waals surface area contributed by atoms with E-state index >= 15 is 0 Å². The second kappa shape index (κ2) is 8.48. The van der Waals surface area contributed by atoms with Crippen LogP contribution in [0.4, 0.5) is 0 Å². The van der Waals surface area contributed by atoms with Crippen LogP contribution in [0, 0.1) is 5.92 Å². The quantitative estimate of drug-likeness (QED) is 0.832. The zero-order valence-electron chi connectivity index (χ0n) is 15.8. The van der Waals surface area contributed by atoms with Gasteiger partial charge in [0.25, 0.3) is 0 Å². The van der Waals surface area contributed by atoms with Gasteiger partial charge in [0.15, 0.2) is 0 Å². The Bertz CT molecular complexity index is 597. The highest BCUT2D eigenvalue weighted by atomic mass is 16.2. The summed E-state index contributed by atoms with van der Waals surface area (Å²) in [6.07, 6.45) is 1.61. The third kappa shape index (κ3) is 5.05. The molecule has 5 heteroatoms. The highest BCUT2D eigenvalue weighted by molar-refractivity contribution is 5.83. The van der Waals surface area contributed by atoms with E-state index in [9.17, 15) is 9.59 Å². The highest BCUT2D eigenvalue weighted by Crippen LogP contribution is 2.20. The Balaban J connectivity index is 1.94. The van der Waals surface area contributed by atoms with Crippen molar-refractivity contribution in [1.82, 2.24) is 10.2 Å². The lowest BCUT2D eigenvalue weighted by Gasteiger charge is -2.34. The number of rotatable bonds is 6. The minimum absolute atomic E-state index is 0.0385. The van der Waals surface area contributed by atoms with Gasteiger partial charge in [0, 0.05) is 19.1 Å². The van der Waals surface area contributed by atoms with Crippen molar-refractivity contribution in [2.45, 2.75) is 58.5 Å². The average Bonchev–Trinajstić information content (AvgIpc) is 2.61. The molecule has 1 aliphatic heterocycles. The van der Waals surface area contributed by atoms with Gasteiger partial charge in [-0.05, 0) is 43.7 Å². The molecule has 3 atom stereocenters. The van der Waals surface area contributed by atoms with Crippen molar-refractivity contribution in [2.75, 3.05) is 13.1 Å². The van der Waals surface area contributed by atoms with E-state index in [4.69, 9.17) is 5.73 Å². The molecule has 0 spiro atoms. The molecular weight excluding hydrogens is 314 g/mol. The molecule has 2 rings (SSSR count). The molecule has 1 saturated heterocycles. The van der Waals surface area contributed by atoms with Crippen LogP contribution in [0.25, 0.3) is 0 Å². The van der Waals surface area contributed by atoms with Crippen molar-refractivity contribution in [2.24, 2.45) is 11.7 Å². The average molecular weight is 345 g/mol. The molecule has 1 heterocycles. The molecule has 0 aromatic heterocycles. The van der Waals surface area contributed by atoms with Crippen molar-refractivity contribution < 1.29 is 9.59 Å². The number of nitrogens with zero attached hydrogens (tertiary/aromatic N) is 1. The van der Waals surface area contributed by atoms with Crippen LogP contribution >= 0.6 is 0 Å². The monoisotopic (exact) mass is 345 g/mol. The summed E-state index contributed by atoms with van der Waals surface area (Å²) in [6, 6.07) is 8.31. The first kappa shape index (κ1) is 19.4. The van der Waals surface area contributed by atoms with Gasteiger partial charge in [0.2, 0.25) is 11.8 Å². The lowest BCUT2D eigenvalue weighted by Crippen LogP contribution is -2.50. The van der Waals surface area contributed by atoms with Crippen LogP contribution in [-0.2, 0) is 9.59 Å². The van der Waals surface area contributed by atoms with Crippen LogP contribution in [0.1, 0.15) is 63.6 Å². The van der Waals surface area contributed by atoms with Gasteiger partial charge < -0.3 is 10.6 Å². The number of benzene rings is 1. The summed E-state index contributed by atoms with van der Waals surface area (Å²) in [5, 5.41) is 3.38. The molecule has 3 N–H and O–H groups in total. The summed E-state index contributed by atoms with van der Waals surface area (Å²) in [5.74, 6) is 0.0225. The van der Waals surface area contributed by atoms with Gasteiger partial charge in [0.1, 0.15) is 0 Å². The lowest BCUT2D eigenvalue weighted by atomic mass is 9.96. The largest absolute Gasteiger partial charge is 0.369 e. The van der Waals surface area contributed by atoms with E-state index in [1.54, 1.807) is 4.90 Å². The molecule has 1 aromatic carbocycles. The summed E-state index contributed by atoms with van der Waals surface area (Å²) < 4.78 is 0. The number of likely N-dealkylation sites (tertiary alicyclic amines) is 1. The van der Waals surface area contributed by atoms with Crippen molar-refractivity contribution in [3.8, 4) is 0 Å². The van der Waals surface area contributed by atoms with Crippen molar-refractivity contribution in [3.63, 3.8) is 0 Å². The van der Waals surface area contributed by atoms with E-state index in [0.717, 1.165) is 18.4 Å². The summed E-state index contributed by atoms with van der Waals surface area (Å²) in [6.45, 7) is 9.44. The molecule has 0 saturated carbocycles. The molecule has 1 aromatic rings. The Hall–Kier alpha value is -1.88. The van der Waals surface area contributed by atoms with Gasteiger partial charge in [-0.25, -0.2) is 0 Å². The van der Waals surface area contributed by atoms with Crippen LogP contribution in [0.3, 0.4) is 0 Å². The maximum Gasteiger partial charge on any atom is 0.239 e. The van der Waals surface area contributed by atoms with E-state index < -0.39 is 0 Å². The topological polar surface area (TPSA) is 75.4 Å². The van der Waals surface area contributed by atoms with Crippen LogP contribution in [-0.4, -0.2) is 35.8 Å². The molecule has 0 aliphatic carbocycles. The predicted molar refractivity (Wildman–Crippen MR) is 100 cm³/mol. The first-order chi connectivity index (χ1) is 11.8. The fraction of sp³-hybridized carbons (Fsp3) is 0.600. The van der Waals surface area contributed by atoms with Crippen molar-refractivity contribution >= 4 is 11.8 Å². The van der Waals surface area contributed by atoms with Crippen LogP contribution < -0.4 is 11.1 Å². The van der Waals surface area contributed by atoms with E-state index in [2.05, 4.69) is 50.4 Å². The molecule has 5 nitrogen and oxygen atoms in total. The summed E-state index contributed by atoms with van der Waals surface area (Å²) in [7, 11) is 0. The second-order valence-corrected chi connectivity index (χ2v) is 7.46. The number of hydrogen-bond donors (Lipinski definition) is 2. The van der Waals surface area contributed by atoms with E-state index in [-0.39, 0.29) is 29.8 Å². The summed E-state index contributed by atoms with van der Waals surface area (Å²) in [4.78, 5) is 25.9. The molecule has 1 fully saturated rings. The normalized spacial score (nSPS) is 20.4. The zero-order valence-corrected chi connectivity index (χ0v) is 15.8. The van der Waals surface area contributed by atoms with Gasteiger partial charge in [-0.1, -0.05) is 38.1 Å². The number of amides is 2. The summed E-state index contributed by atoms with van der Waals surface area (Å²) in [5.41, 5.74) is 7.88. The van der Waals surface area contributed by atoms with Crippen LogP contribution in [0.2, 0.25) is 0 Å². The summed E-state index contributed by atoms with van der Waals surface area (Å²) >= 11 is 0. The molecule has 138 valence electrons. The molecule has 0 unspecified atom stereocenters. The SMILES string of the molecule is CC(C)c1ccc([C@@H](C)N[C@@H](C)C(=O)N2CCC[C@@H](C(N)=O)C2)cc1. The van der Waals surface area contributed by atoms with E-state index in [1.807, 2.05) is 6.92 Å². The number of hydrogen-bond acceptors (Lipinski definition) is 3. The fourth-order valence-electron chi connectivity index (χ4n) is 3.40. The van der Waals surface area contributed by atoms with Gasteiger partial charge in [-0.3, -0.25) is 14.9 Å². The number of piperidine rings is 1. The Kier molecular flexibility index (Phi) is 6.59. The second-order valence-electron chi connectivity index (χ2n) is 7.46. The van der Waals surface area contributed by atoms with Gasteiger partial charge in [-0.15, -0.1) is 0 Å². The Morgan fingerprint density at radius 1 is 1.12 bits per heavy atom. The Morgan fingerprint density at radius 2 is 1.72 bits per heavy atom. The van der Waals surface area contributed by atoms with E-state index in [1.165, 1.54) is 5.56 Å². The van der Waals surface area contributed by atoms with Crippen LogP contribution in [0.15, 0.2) is 24.3 Å². The Morgan fingerprint density at radius 3 is 2.28 bits per heavy atom. The molecule has 2 amide bonds. The van der Waals surface area contributed by atoms with Crippen molar-refractivity contribution in [1.29, 1.82) is 0 Å². The fourth-order valence-corrected chi connectivity index (χ4v) is 3.40. The number of carbonyl (C=O) groups excluding carboxylic acids is 2.